The molecular formula is C27H27N3O8S. The number of hydrogen-bond acceptors (Lipinski definition) is 10. The molecule has 2 aromatic heterocycles. The van der Waals surface area contributed by atoms with Gasteiger partial charge in [0.1, 0.15) is 5.52 Å². The molecule has 0 radical (unpaired) electrons. The van der Waals surface area contributed by atoms with Crippen LogP contribution < -0.4 is 9.47 Å². The highest BCUT2D eigenvalue weighted by Gasteiger charge is 2.26. The Morgan fingerprint density at radius 1 is 1.08 bits per heavy atom. The van der Waals surface area contributed by atoms with Gasteiger partial charge in [0.05, 0.1) is 54.7 Å². The zero-order valence-corrected chi connectivity index (χ0v) is 22.6. The first kappa shape index (κ1) is 27.7. The van der Waals surface area contributed by atoms with Crippen molar-refractivity contribution in [3.05, 3.63) is 77.1 Å². The van der Waals surface area contributed by atoms with Crippen molar-refractivity contribution < 1.29 is 37.9 Å². The van der Waals surface area contributed by atoms with Gasteiger partial charge < -0.3 is 24.1 Å². The van der Waals surface area contributed by atoms with Crippen LogP contribution in [0.4, 0.5) is 0 Å². The maximum atomic E-state index is 13.7. The van der Waals surface area contributed by atoms with Gasteiger partial charge in [-0.15, -0.1) is 0 Å². The lowest BCUT2D eigenvalue weighted by Gasteiger charge is -2.14. The van der Waals surface area contributed by atoms with Crippen molar-refractivity contribution in [1.29, 1.82) is 0 Å². The number of aliphatic hydroxyl groups excluding tert-OH is 1. The van der Waals surface area contributed by atoms with E-state index >= 15 is 0 Å². The topological polar surface area (TPSA) is 139 Å². The maximum Gasteiger partial charge on any atom is 0.341 e. The number of rotatable bonds is 10. The van der Waals surface area contributed by atoms with Gasteiger partial charge in [0.15, 0.2) is 24.3 Å². The summed E-state index contributed by atoms with van der Waals surface area (Å²) in [6, 6.07) is 13.3. The van der Waals surface area contributed by atoms with Gasteiger partial charge in [0.2, 0.25) is 5.16 Å². The van der Waals surface area contributed by atoms with Crippen LogP contribution in [0.3, 0.4) is 0 Å². The van der Waals surface area contributed by atoms with Crippen LogP contribution in [0.15, 0.2) is 59.9 Å². The molecule has 0 aliphatic heterocycles. The zero-order valence-electron chi connectivity index (χ0n) is 21.7. The predicted octanol–water partition coefficient (Wildman–Crippen LogP) is 3.09. The second-order valence-corrected chi connectivity index (χ2v) is 9.73. The SMILES string of the molecule is COC(=O)c1cc(C)cc2c1nc(S(=O)Cc1nccc(OC)c1OC)n2COC(=O)C(O)c1ccccc1. The fourth-order valence-corrected chi connectivity index (χ4v) is 5.20. The summed E-state index contributed by atoms with van der Waals surface area (Å²) in [5.41, 5.74) is 2.20. The highest BCUT2D eigenvalue weighted by molar-refractivity contribution is 7.84. The minimum Gasteiger partial charge on any atom is -0.493 e. The van der Waals surface area contributed by atoms with E-state index in [1.165, 1.54) is 32.1 Å². The molecule has 0 spiro atoms. The van der Waals surface area contributed by atoms with Crippen LogP contribution in [-0.4, -0.2) is 57.1 Å². The van der Waals surface area contributed by atoms with Crippen molar-refractivity contribution in [1.82, 2.24) is 14.5 Å². The van der Waals surface area contributed by atoms with Crippen LogP contribution in [-0.2, 0) is 37.6 Å². The average Bonchev–Trinajstić information content (AvgIpc) is 3.33. The number of aromatic nitrogens is 3. The largest absolute Gasteiger partial charge is 0.493 e. The summed E-state index contributed by atoms with van der Waals surface area (Å²) in [6.07, 6.45) is -0.0185. The summed E-state index contributed by atoms with van der Waals surface area (Å²) in [7, 11) is 2.33. The molecule has 2 aromatic carbocycles. The first-order valence-corrected chi connectivity index (χ1v) is 13.0. The lowest BCUT2D eigenvalue weighted by Crippen LogP contribution is -2.19. The van der Waals surface area contributed by atoms with Crippen LogP contribution in [0.5, 0.6) is 11.5 Å². The Labute approximate surface area is 226 Å². The van der Waals surface area contributed by atoms with Gasteiger partial charge in [-0.3, -0.25) is 13.8 Å². The number of carbonyl (C=O) groups excluding carboxylic acids is 2. The molecule has 12 heteroatoms. The molecule has 2 atom stereocenters. The number of aliphatic hydroxyl groups is 1. The minimum atomic E-state index is -1.84. The Hall–Kier alpha value is -4.29. The smallest absolute Gasteiger partial charge is 0.341 e. The third-order valence-corrected chi connectivity index (χ3v) is 7.14. The molecular weight excluding hydrogens is 526 g/mol. The van der Waals surface area contributed by atoms with Crippen molar-refractivity contribution in [3.8, 4) is 11.5 Å². The van der Waals surface area contributed by atoms with Crippen LogP contribution >= 0.6 is 0 Å². The molecule has 11 nitrogen and oxygen atoms in total. The van der Waals surface area contributed by atoms with Crippen molar-refractivity contribution in [2.45, 2.75) is 30.7 Å². The Bertz CT molecular complexity index is 1540. The van der Waals surface area contributed by atoms with Gasteiger partial charge in [-0.1, -0.05) is 30.3 Å². The molecule has 0 fully saturated rings. The third-order valence-electron chi connectivity index (χ3n) is 5.88. The Morgan fingerprint density at radius 3 is 2.49 bits per heavy atom. The van der Waals surface area contributed by atoms with Crippen molar-refractivity contribution in [2.24, 2.45) is 0 Å². The Balaban J connectivity index is 1.75. The van der Waals surface area contributed by atoms with E-state index < -0.39 is 35.6 Å². The standard InChI is InChI=1S/C27H27N3O8S/c1-16-12-18(25(32)37-4)22-20(13-16)30(15-38-26(33)23(31)17-8-6-5-7-9-17)27(29-22)39(34)14-19-24(36-3)21(35-2)10-11-28-19/h5-13,23,31H,14-15H2,1-4H3. The molecule has 39 heavy (non-hydrogen) atoms. The summed E-state index contributed by atoms with van der Waals surface area (Å²) in [4.78, 5) is 34.0. The maximum absolute atomic E-state index is 13.7. The molecule has 2 unspecified atom stereocenters. The van der Waals surface area contributed by atoms with Gasteiger partial charge in [-0.25, -0.2) is 14.6 Å². The number of carbonyl (C=O) groups is 2. The molecule has 0 amide bonds. The van der Waals surface area contributed by atoms with Crippen molar-refractivity contribution in [2.75, 3.05) is 21.3 Å². The van der Waals surface area contributed by atoms with Gasteiger partial charge in [-0.2, -0.15) is 0 Å². The first-order chi connectivity index (χ1) is 18.8. The van der Waals surface area contributed by atoms with Gasteiger partial charge in [0, 0.05) is 12.3 Å². The number of ether oxygens (including phenoxy) is 4. The summed E-state index contributed by atoms with van der Waals surface area (Å²) in [5.74, 6) is -0.911. The zero-order chi connectivity index (χ0) is 28.1. The van der Waals surface area contributed by atoms with Crippen LogP contribution in [0, 0.1) is 6.92 Å². The van der Waals surface area contributed by atoms with Gasteiger partial charge in [-0.05, 0) is 30.2 Å². The number of imidazole rings is 1. The predicted molar refractivity (Wildman–Crippen MR) is 141 cm³/mol. The normalized spacial score (nSPS) is 12.5. The number of hydrogen-bond donors (Lipinski definition) is 1. The number of benzene rings is 2. The Kier molecular flexibility index (Phi) is 8.57. The van der Waals surface area contributed by atoms with E-state index in [0.29, 0.717) is 33.8 Å². The third kappa shape index (κ3) is 5.76. The number of fused-ring (bicyclic) bond motifs is 1. The van der Waals surface area contributed by atoms with E-state index in [9.17, 15) is 18.9 Å². The monoisotopic (exact) mass is 553 g/mol. The van der Waals surface area contributed by atoms with Crippen LogP contribution in [0.1, 0.15) is 33.3 Å². The summed E-state index contributed by atoms with van der Waals surface area (Å²) in [5, 5.41) is 10.5. The average molecular weight is 554 g/mol. The summed E-state index contributed by atoms with van der Waals surface area (Å²) in [6.45, 7) is 1.35. The van der Waals surface area contributed by atoms with Gasteiger partial charge >= 0.3 is 11.9 Å². The van der Waals surface area contributed by atoms with E-state index in [0.717, 1.165) is 0 Å². The molecule has 0 aliphatic carbocycles. The van der Waals surface area contributed by atoms with Crippen molar-refractivity contribution >= 4 is 33.8 Å². The first-order valence-electron chi connectivity index (χ1n) is 11.7. The van der Waals surface area contributed by atoms with E-state index in [1.54, 1.807) is 55.5 Å². The molecule has 4 rings (SSSR count). The minimum absolute atomic E-state index is 0.0226. The second kappa shape index (κ2) is 12.0. The molecule has 0 saturated heterocycles. The molecule has 1 N–H and O–H groups in total. The van der Waals surface area contributed by atoms with E-state index in [-0.39, 0.29) is 22.0 Å². The summed E-state index contributed by atoms with van der Waals surface area (Å²) >= 11 is 0. The van der Waals surface area contributed by atoms with E-state index in [4.69, 9.17) is 18.9 Å². The lowest BCUT2D eigenvalue weighted by molar-refractivity contribution is -0.158. The highest BCUT2D eigenvalue weighted by Crippen LogP contribution is 2.32. The molecule has 2 heterocycles. The van der Waals surface area contributed by atoms with Gasteiger partial charge in [0.25, 0.3) is 0 Å². The number of methoxy groups -OCH3 is 3. The highest BCUT2D eigenvalue weighted by atomic mass is 32.2. The second-order valence-electron chi connectivity index (χ2n) is 8.38. The van der Waals surface area contributed by atoms with E-state index in [2.05, 4.69) is 9.97 Å². The van der Waals surface area contributed by atoms with Crippen LogP contribution in [0.2, 0.25) is 0 Å². The number of aryl methyl sites for hydroxylation is 1. The molecule has 4 aromatic rings. The fourth-order valence-electron chi connectivity index (χ4n) is 4.03. The Morgan fingerprint density at radius 2 is 1.82 bits per heavy atom. The molecule has 0 bridgehead atoms. The molecule has 204 valence electrons. The number of esters is 2. The lowest BCUT2D eigenvalue weighted by atomic mass is 10.1. The fraction of sp³-hybridized carbons (Fsp3) is 0.259. The molecule has 0 saturated carbocycles. The summed E-state index contributed by atoms with van der Waals surface area (Å²) < 4.78 is 36.2. The van der Waals surface area contributed by atoms with Crippen molar-refractivity contribution in [3.63, 3.8) is 0 Å². The number of nitrogens with zero attached hydrogens (tertiary/aromatic N) is 3. The quantitative estimate of drug-likeness (QED) is 0.292. The van der Waals surface area contributed by atoms with Crippen LogP contribution in [0.25, 0.3) is 11.0 Å². The number of pyridine rings is 1. The molecule has 0 aliphatic rings. The van der Waals surface area contributed by atoms with E-state index in [1.807, 2.05) is 0 Å².